The molecule has 0 spiro atoms. The highest BCUT2D eigenvalue weighted by atomic mass is 35.5. The molecule has 3 nitrogen and oxygen atoms in total. The number of amides is 1. The van der Waals surface area contributed by atoms with Crippen LogP contribution in [0.2, 0.25) is 5.02 Å². The number of aryl methyl sites for hydroxylation is 1. The van der Waals surface area contributed by atoms with Crippen LogP contribution in [0.1, 0.15) is 27.0 Å². The molecule has 0 bridgehead atoms. The van der Waals surface area contributed by atoms with E-state index in [0.717, 1.165) is 30.8 Å². The Kier molecular flexibility index (Phi) is 3.95. The van der Waals surface area contributed by atoms with Gasteiger partial charge < -0.3 is 10.6 Å². The molecule has 0 radical (unpaired) electrons. The van der Waals surface area contributed by atoms with Gasteiger partial charge in [-0.2, -0.15) is 0 Å². The van der Waals surface area contributed by atoms with E-state index in [2.05, 4.69) is 16.7 Å². The van der Waals surface area contributed by atoms with Gasteiger partial charge >= 0.3 is 0 Å². The normalized spacial score (nSPS) is 13.6. The molecule has 2 aromatic carbocycles. The molecular weight excluding hydrogens is 284 g/mol. The van der Waals surface area contributed by atoms with Crippen molar-refractivity contribution in [3.05, 3.63) is 63.7 Å². The quantitative estimate of drug-likeness (QED) is 0.890. The molecule has 108 valence electrons. The molecular formula is C17H17ClN2O. The number of carbonyl (C=O) groups excluding carboxylic acids is 1. The third-order valence-electron chi connectivity index (χ3n) is 3.72. The zero-order valence-electron chi connectivity index (χ0n) is 11.9. The first-order valence-corrected chi connectivity index (χ1v) is 7.41. The lowest BCUT2D eigenvalue weighted by atomic mass is 10.0. The molecule has 0 fully saturated rings. The van der Waals surface area contributed by atoms with E-state index >= 15 is 0 Å². The average Bonchev–Trinajstić information content (AvgIpc) is 2.47. The maximum atomic E-state index is 12.3. The topological polar surface area (TPSA) is 41.1 Å². The van der Waals surface area contributed by atoms with Crippen molar-refractivity contribution in [2.45, 2.75) is 19.9 Å². The van der Waals surface area contributed by atoms with Gasteiger partial charge in [0.15, 0.2) is 0 Å². The van der Waals surface area contributed by atoms with Gasteiger partial charge in [0.25, 0.3) is 5.91 Å². The predicted molar refractivity (Wildman–Crippen MR) is 86.0 cm³/mol. The van der Waals surface area contributed by atoms with E-state index in [1.54, 1.807) is 12.1 Å². The molecule has 1 amide bonds. The van der Waals surface area contributed by atoms with Gasteiger partial charge in [-0.3, -0.25) is 4.79 Å². The Morgan fingerprint density at radius 2 is 2.05 bits per heavy atom. The molecule has 2 aromatic rings. The van der Waals surface area contributed by atoms with Gasteiger partial charge in [-0.15, -0.1) is 0 Å². The summed E-state index contributed by atoms with van der Waals surface area (Å²) in [7, 11) is 0. The van der Waals surface area contributed by atoms with Crippen molar-refractivity contribution in [2.75, 3.05) is 11.9 Å². The highest BCUT2D eigenvalue weighted by molar-refractivity contribution is 6.34. The number of rotatable bonds is 2. The number of benzene rings is 2. The molecule has 1 heterocycles. The molecule has 0 unspecified atom stereocenters. The minimum absolute atomic E-state index is 0.177. The first kappa shape index (κ1) is 14.1. The number of fused-ring (bicyclic) bond motifs is 1. The SMILES string of the molecule is Cc1ccc(C(=O)Nc2ccc3c(c2)CNCC3)c(Cl)c1. The van der Waals surface area contributed by atoms with Crippen molar-refractivity contribution in [1.29, 1.82) is 0 Å². The second-order valence-corrected chi connectivity index (χ2v) is 5.75. The number of halogens is 1. The Hall–Kier alpha value is -1.84. The number of hydrogen-bond donors (Lipinski definition) is 2. The summed E-state index contributed by atoms with van der Waals surface area (Å²) in [6.07, 6.45) is 1.04. The number of anilines is 1. The Labute approximate surface area is 129 Å². The summed E-state index contributed by atoms with van der Waals surface area (Å²) in [4.78, 5) is 12.3. The van der Waals surface area contributed by atoms with E-state index in [9.17, 15) is 4.79 Å². The lowest BCUT2D eigenvalue weighted by Gasteiger charge is -2.18. The summed E-state index contributed by atoms with van der Waals surface area (Å²) >= 11 is 6.14. The monoisotopic (exact) mass is 300 g/mol. The predicted octanol–water partition coefficient (Wildman–Crippen LogP) is 3.55. The van der Waals surface area contributed by atoms with Gasteiger partial charge in [0.1, 0.15) is 0 Å². The summed E-state index contributed by atoms with van der Waals surface area (Å²) in [5.41, 5.74) is 4.93. The van der Waals surface area contributed by atoms with Crippen LogP contribution in [0.5, 0.6) is 0 Å². The van der Waals surface area contributed by atoms with Gasteiger partial charge in [-0.1, -0.05) is 23.7 Å². The molecule has 3 rings (SSSR count). The zero-order chi connectivity index (χ0) is 14.8. The third kappa shape index (κ3) is 3.09. The lowest BCUT2D eigenvalue weighted by Crippen LogP contribution is -2.23. The van der Waals surface area contributed by atoms with Gasteiger partial charge in [-0.05, 0) is 60.8 Å². The summed E-state index contributed by atoms with van der Waals surface area (Å²) in [6.45, 7) is 3.81. The average molecular weight is 301 g/mol. The molecule has 1 aliphatic heterocycles. The van der Waals surface area contributed by atoms with E-state index in [1.807, 2.05) is 25.1 Å². The molecule has 4 heteroatoms. The number of carbonyl (C=O) groups is 1. The first-order chi connectivity index (χ1) is 10.1. The molecule has 0 atom stereocenters. The third-order valence-corrected chi connectivity index (χ3v) is 4.03. The standard InChI is InChI=1S/C17H17ClN2O/c1-11-2-5-15(16(18)8-11)17(21)20-14-4-3-12-6-7-19-10-13(12)9-14/h2-5,8-9,19H,6-7,10H2,1H3,(H,20,21). The molecule has 1 aliphatic rings. The molecule has 2 N–H and O–H groups in total. The molecule has 0 saturated heterocycles. The fourth-order valence-electron chi connectivity index (χ4n) is 2.56. The molecule has 0 aromatic heterocycles. The molecule has 21 heavy (non-hydrogen) atoms. The Balaban J connectivity index is 1.81. The van der Waals surface area contributed by atoms with Crippen LogP contribution in [-0.2, 0) is 13.0 Å². The summed E-state index contributed by atoms with van der Waals surface area (Å²) in [5, 5.41) is 6.73. The second-order valence-electron chi connectivity index (χ2n) is 5.35. The van der Waals surface area contributed by atoms with Crippen LogP contribution in [0, 0.1) is 6.92 Å². The summed E-state index contributed by atoms with van der Waals surface area (Å²) < 4.78 is 0. The minimum atomic E-state index is -0.177. The van der Waals surface area contributed by atoms with Crippen molar-refractivity contribution in [3.8, 4) is 0 Å². The Bertz CT molecular complexity index is 697. The number of nitrogens with one attached hydrogen (secondary N) is 2. The molecule has 0 aliphatic carbocycles. The number of hydrogen-bond acceptors (Lipinski definition) is 2. The Morgan fingerprint density at radius 1 is 1.19 bits per heavy atom. The summed E-state index contributed by atoms with van der Waals surface area (Å²) in [6, 6.07) is 11.5. The van der Waals surface area contributed by atoms with Crippen molar-refractivity contribution in [2.24, 2.45) is 0 Å². The maximum absolute atomic E-state index is 12.3. The summed E-state index contributed by atoms with van der Waals surface area (Å²) in [5.74, 6) is -0.177. The van der Waals surface area contributed by atoms with Crippen LogP contribution in [0.4, 0.5) is 5.69 Å². The smallest absolute Gasteiger partial charge is 0.257 e. The van der Waals surface area contributed by atoms with Crippen molar-refractivity contribution < 1.29 is 4.79 Å². The van der Waals surface area contributed by atoms with E-state index in [0.29, 0.717) is 10.6 Å². The Morgan fingerprint density at radius 3 is 2.86 bits per heavy atom. The minimum Gasteiger partial charge on any atom is -0.322 e. The van der Waals surface area contributed by atoms with E-state index in [-0.39, 0.29) is 5.91 Å². The van der Waals surface area contributed by atoms with Gasteiger partial charge in [0, 0.05) is 12.2 Å². The van der Waals surface area contributed by atoms with Gasteiger partial charge in [0.2, 0.25) is 0 Å². The van der Waals surface area contributed by atoms with Crippen LogP contribution in [0.25, 0.3) is 0 Å². The van der Waals surface area contributed by atoms with E-state index in [4.69, 9.17) is 11.6 Å². The van der Waals surface area contributed by atoms with Crippen molar-refractivity contribution in [3.63, 3.8) is 0 Å². The van der Waals surface area contributed by atoms with Gasteiger partial charge in [0.05, 0.1) is 10.6 Å². The van der Waals surface area contributed by atoms with Crippen LogP contribution in [-0.4, -0.2) is 12.5 Å². The zero-order valence-corrected chi connectivity index (χ0v) is 12.6. The van der Waals surface area contributed by atoms with E-state index < -0.39 is 0 Å². The van der Waals surface area contributed by atoms with Crippen LogP contribution in [0.15, 0.2) is 36.4 Å². The highest BCUT2D eigenvalue weighted by Gasteiger charge is 2.13. The van der Waals surface area contributed by atoms with E-state index in [1.165, 1.54) is 11.1 Å². The van der Waals surface area contributed by atoms with Crippen LogP contribution in [0.3, 0.4) is 0 Å². The highest BCUT2D eigenvalue weighted by Crippen LogP contribution is 2.22. The van der Waals surface area contributed by atoms with Gasteiger partial charge in [-0.25, -0.2) is 0 Å². The second kappa shape index (κ2) is 5.88. The van der Waals surface area contributed by atoms with Crippen LogP contribution < -0.4 is 10.6 Å². The lowest BCUT2D eigenvalue weighted by molar-refractivity contribution is 0.102. The maximum Gasteiger partial charge on any atom is 0.257 e. The van der Waals surface area contributed by atoms with Crippen molar-refractivity contribution in [1.82, 2.24) is 5.32 Å². The largest absolute Gasteiger partial charge is 0.322 e. The first-order valence-electron chi connectivity index (χ1n) is 7.03. The fraction of sp³-hybridized carbons (Fsp3) is 0.235. The fourth-order valence-corrected chi connectivity index (χ4v) is 2.88. The molecule has 0 saturated carbocycles. The van der Waals surface area contributed by atoms with Crippen molar-refractivity contribution >= 4 is 23.2 Å². The van der Waals surface area contributed by atoms with Crippen LogP contribution >= 0.6 is 11.6 Å².